The molecular weight excluding hydrogens is 779 g/mol. The summed E-state index contributed by atoms with van der Waals surface area (Å²) in [6.45, 7) is 18.3. The van der Waals surface area contributed by atoms with Gasteiger partial charge in [0.15, 0.2) is 11.6 Å². The van der Waals surface area contributed by atoms with Gasteiger partial charge in [-0.3, -0.25) is 0 Å². The smallest absolute Gasteiger partial charge is 0.160 e. The van der Waals surface area contributed by atoms with Gasteiger partial charge >= 0.3 is 0 Å². The van der Waals surface area contributed by atoms with Gasteiger partial charge in [-0.15, -0.1) is 0 Å². The first-order chi connectivity index (χ1) is 31.1. The molecule has 0 saturated heterocycles. The highest BCUT2D eigenvalue weighted by atomic mass is 15.2. The molecule has 0 amide bonds. The lowest BCUT2D eigenvalue weighted by Crippen LogP contribution is -2.25. The van der Waals surface area contributed by atoms with E-state index in [4.69, 9.17) is 19.9 Å². The minimum atomic E-state index is 0.671. The van der Waals surface area contributed by atoms with Crippen LogP contribution in [0, 0.1) is 55.4 Å². The number of aromatic nitrogens is 4. The second-order valence-corrected chi connectivity index (χ2v) is 17.3. The summed E-state index contributed by atoms with van der Waals surface area (Å²) in [5.74, 6) is 1.35. The average Bonchev–Trinajstić information content (AvgIpc) is 3.36. The Kier molecular flexibility index (Phi) is 10.3. The molecule has 64 heavy (non-hydrogen) atoms. The molecular formula is C59H51N5. The van der Waals surface area contributed by atoms with Gasteiger partial charge in [0.2, 0.25) is 0 Å². The maximum absolute atomic E-state index is 5.50. The van der Waals surface area contributed by atoms with E-state index >= 15 is 0 Å². The molecule has 0 N–H and O–H groups in total. The second kappa shape index (κ2) is 16.3. The monoisotopic (exact) mass is 829 g/mol. The highest BCUT2D eigenvalue weighted by Gasteiger charge is 2.34. The summed E-state index contributed by atoms with van der Waals surface area (Å²) in [6.07, 6.45) is 0.880. The summed E-state index contributed by atoms with van der Waals surface area (Å²) in [4.78, 5) is 23.8. The first kappa shape index (κ1) is 40.6. The van der Waals surface area contributed by atoms with Gasteiger partial charge in [0, 0.05) is 39.8 Å². The fraction of sp³-hybridized carbons (Fsp3) is 0.153. The first-order valence-corrected chi connectivity index (χ1v) is 22.2. The molecule has 3 heterocycles. The maximum Gasteiger partial charge on any atom is 0.160 e. The van der Waals surface area contributed by atoms with Crippen LogP contribution in [0.3, 0.4) is 0 Å². The molecule has 0 radical (unpaired) electrons. The minimum absolute atomic E-state index is 0.671. The number of rotatable bonds is 7. The Hall–Kier alpha value is -7.50. The van der Waals surface area contributed by atoms with Crippen LogP contribution in [-0.4, -0.2) is 19.9 Å². The fourth-order valence-electron chi connectivity index (χ4n) is 9.53. The second-order valence-electron chi connectivity index (χ2n) is 17.3. The highest BCUT2D eigenvalue weighted by molar-refractivity contribution is 5.96. The molecule has 2 aromatic heterocycles. The maximum atomic E-state index is 5.50. The molecule has 9 aromatic rings. The molecule has 1 aliphatic heterocycles. The van der Waals surface area contributed by atoms with E-state index in [1.807, 2.05) is 36.4 Å². The van der Waals surface area contributed by atoms with Crippen LogP contribution in [0.2, 0.25) is 0 Å². The Morgan fingerprint density at radius 1 is 0.328 bits per heavy atom. The third kappa shape index (κ3) is 6.98. The lowest BCUT2D eigenvalue weighted by atomic mass is 9.80. The van der Waals surface area contributed by atoms with Gasteiger partial charge in [-0.2, -0.15) is 0 Å². The average molecular weight is 830 g/mol. The summed E-state index contributed by atoms with van der Waals surface area (Å²) >= 11 is 0. The van der Waals surface area contributed by atoms with Crippen molar-refractivity contribution in [2.45, 2.75) is 61.8 Å². The molecule has 1 aliphatic rings. The van der Waals surface area contributed by atoms with Crippen molar-refractivity contribution in [3.8, 4) is 67.8 Å². The van der Waals surface area contributed by atoms with E-state index in [0.29, 0.717) is 11.6 Å². The molecule has 10 rings (SSSR count). The van der Waals surface area contributed by atoms with Crippen molar-refractivity contribution in [1.29, 1.82) is 0 Å². The SMILES string of the molecule is Cc1c(C)c(C)c2c(c1C)Cc1c(C)c(C)c(C)c(C)c1N2c1ccc(-c2cc(-c3ccccc3)nc(-c3ccccc3)n2)cc1-c1cc(-c2ccccc2)nc(-c2ccccc2)n1. The molecule has 5 heteroatoms. The van der Waals surface area contributed by atoms with Gasteiger partial charge in [-0.05, 0) is 135 Å². The molecule has 312 valence electrons. The number of nitrogens with zero attached hydrogens (tertiary/aromatic N) is 5. The molecule has 0 spiro atoms. The van der Waals surface area contributed by atoms with Crippen molar-refractivity contribution in [3.05, 3.63) is 207 Å². The molecule has 0 atom stereocenters. The van der Waals surface area contributed by atoms with E-state index < -0.39 is 0 Å². The number of anilines is 3. The summed E-state index contributed by atoms with van der Waals surface area (Å²) in [5.41, 5.74) is 26.3. The lowest BCUT2D eigenvalue weighted by molar-refractivity contribution is 0.996. The van der Waals surface area contributed by atoms with Crippen LogP contribution in [0.25, 0.3) is 67.8 Å². The van der Waals surface area contributed by atoms with Crippen LogP contribution in [0.1, 0.15) is 55.6 Å². The summed E-state index contributed by atoms with van der Waals surface area (Å²) in [5, 5.41) is 0. The largest absolute Gasteiger partial charge is 0.309 e. The van der Waals surface area contributed by atoms with E-state index in [-0.39, 0.29) is 0 Å². The molecule has 7 aromatic carbocycles. The zero-order valence-corrected chi connectivity index (χ0v) is 37.9. The Labute approximate surface area is 377 Å². The van der Waals surface area contributed by atoms with Gasteiger partial charge in [0.05, 0.1) is 39.8 Å². The quantitative estimate of drug-likeness (QED) is 0.160. The van der Waals surface area contributed by atoms with Crippen molar-refractivity contribution >= 4 is 17.1 Å². The van der Waals surface area contributed by atoms with Crippen molar-refractivity contribution in [1.82, 2.24) is 19.9 Å². The Balaban J connectivity index is 1.32. The van der Waals surface area contributed by atoms with Crippen LogP contribution in [0.15, 0.2) is 152 Å². The van der Waals surface area contributed by atoms with Crippen LogP contribution in [0.4, 0.5) is 17.1 Å². The number of fused-ring (bicyclic) bond motifs is 2. The number of benzene rings is 7. The topological polar surface area (TPSA) is 54.8 Å². The van der Waals surface area contributed by atoms with Gasteiger partial charge in [0.1, 0.15) is 0 Å². The van der Waals surface area contributed by atoms with Crippen LogP contribution in [0.5, 0.6) is 0 Å². The predicted molar refractivity (Wildman–Crippen MR) is 266 cm³/mol. The molecule has 0 saturated carbocycles. The van der Waals surface area contributed by atoms with Gasteiger partial charge in [-0.1, -0.05) is 127 Å². The molecule has 5 nitrogen and oxygen atoms in total. The van der Waals surface area contributed by atoms with E-state index in [2.05, 4.69) is 176 Å². The summed E-state index contributed by atoms with van der Waals surface area (Å²) < 4.78 is 0. The van der Waals surface area contributed by atoms with Crippen molar-refractivity contribution in [3.63, 3.8) is 0 Å². The first-order valence-electron chi connectivity index (χ1n) is 22.2. The Bertz CT molecular complexity index is 3060. The van der Waals surface area contributed by atoms with Crippen LogP contribution < -0.4 is 4.90 Å². The predicted octanol–water partition coefficient (Wildman–Crippen LogP) is 15.1. The van der Waals surface area contributed by atoms with Crippen molar-refractivity contribution in [2.75, 3.05) is 4.90 Å². The van der Waals surface area contributed by atoms with Crippen LogP contribution >= 0.6 is 0 Å². The zero-order valence-electron chi connectivity index (χ0n) is 37.9. The van der Waals surface area contributed by atoms with Gasteiger partial charge in [-0.25, -0.2) is 19.9 Å². The lowest BCUT2D eigenvalue weighted by Gasteiger charge is -2.40. The third-order valence-corrected chi connectivity index (χ3v) is 13.8. The van der Waals surface area contributed by atoms with Crippen molar-refractivity contribution < 1.29 is 0 Å². The summed E-state index contributed by atoms with van der Waals surface area (Å²) in [6, 6.07) is 52.5. The molecule has 0 bridgehead atoms. The Morgan fingerprint density at radius 2 is 0.688 bits per heavy atom. The zero-order chi connectivity index (χ0) is 44.2. The molecule has 0 aliphatic carbocycles. The molecule has 0 unspecified atom stereocenters. The summed E-state index contributed by atoms with van der Waals surface area (Å²) in [7, 11) is 0. The van der Waals surface area contributed by atoms with E-state index in [0.717, 1.165) is 68.3 Å². The third-order valence-electron chi connectivity index (χ3n) is 13.8. The van der Waals surface area contributed by atoms with Gasteiger partial charge < -0.3 is 4.90 Å². The Morgan fingerprint density at radius 3 is 1.12 bits per heavy atom. The van der Waals surface area contributed by atoms with E-state index in [1.165, 1.54) is 67.0 Å². The standard InChI is InChI=1S/C59H51N5/c1-35-37(3)41(7)56-48(39(35)5)32-49-40(6)36(2)38(4)42(8)57(49)64(56)55-30-29-47(53-33-51(43-21-13-9-14-22-43)60-58(62-53)45-25-17-11-18-26-45)31-50(55)54-34-52(44-23-15-10-16-24-44)61-59(63-54)46-27-19-12-20-28-46/h9-31,33-34H,32H2,1-8H3. The van der Waals surface area contributed by atoms with E-state index in [9.17, 15) is 0 Å². The normalized spacial score (nSPS) is 12.0. The fourth-order valence-corrected chi connectivity index (χ4v) is 9.53. The molecule has 0 fully saturated rings. The number of hydrogen-bond acceptors (Lipinski definition) is 5. The highest BCUT2D eigenvalue weighted by Crippen LogP contribution is 2.54. The van der Waals surface area contributed by atoms with Crippen LogP contribution in [-0.2, 0) is 6.42 Å². The number of hydrogen-bond donors (Lipinski definition) is 0. The van der Waals surface area contributed by atoms with Crippen molar-refractivity contribution in [2.24, 2.45) is 0 Å². The minimum Gasteiger partial charge on any atom is -0.309 e. The van der Waals surface area contributed by atoms with E-state index in [1.54, 1.807) is 0 Å². The van der Waals surface area contributed by atoms with Gasteiger partial charge in [0.25, 0.3) is 0 Å².